The fraction of sp³-hybridized carbons (Fsp3) is 1.00. The molecule has 0 heterocycles. The summed E-state index contributed by atoms with van der Waals surface area (Å²) >= 11 is 4.20. The van der Waals surface area contributed by atoms with Gasteiger partial charge in [-0.3, -0.25) is 0 Å². The first kappa shape index (κ1) is 21.2. The molecule has 0 rings (SSSR count). The number of rotatable bonds is 10. The summed E-state index contributed by atoms with van der Waals surface area (Å²) in [5.74, 6) is 1.07. The molecule has 0 radical (unpaired) electrons. The van der Waals surface area contributed by atoms with Gasteiger partial charge < -0.3 is 0 Å². The highest BCUT2D eigenvalue weighted by atomic mass is 35.5. The summed E-state index contributed by atoms with van der Waals surface area (Å²) in [6.07, 6.45) is 14.2. The molecule has 0 aromatic heterocycles. The molecule has 0 unspecified atom stereocenters. The summed E-state index contributed by atoms with van der Waals surface area (Å²) in [6.45, 7) is 2.28. The van der Waals surface area contributed by atoms with Crippen LogP contribution in [0.15, 0.2) is 0 Å². The predicted octanol–water partition coefficient (Wildman–Crippen LogP) is 5.68. The molecule has 15 heavy (non-hydrogen) atoms. The fourth-order valence-corrected chi connectivity index (χ4v) is 1.82. The predicted molar refractivity (Wildman–Crippen MR) is 80.2 cm³/mol. The third-order valence-electron chi connectivity index (χ3n) is 2.51. The largest absolute Gasteiger partial charge is 0.179 e. The minimum absolute atomic E-state index is 0. The van der Waals surface area contributed by atoms with E-state index in [2.05, 4.69) is 19.6 Å². The summed E-state index contributed by atoms with van der Waals surface area (Å²) in [6, 6.07) is 0. The fourth-order valence-electron chi connectivity index (χ4n) is 1.60. The molecule has 0 saturated heterocycles. The van der Waals surface area contributed by atoms with Crippen molar-refractivity contribution in [2.75, 3.05) is 5.75 Å². The SMILES string of the molecule is CCCCCCCCCCCCS.Cl.Cl. The van der Waals surface area contributed by atoms with E-state index in [1.54, 1.807) is 0 Å². The molecular weight excluding hydrogens is 247 g/mol. The van der Waals surface area contributed by atoms with E-state index in [0.717, 1.165) is 5.75 Å². The van der Waals surface area contributed by atoms with Crippen LogP contribution in [0.1, 0.15) is 71.1 Å². The molecule has 0 N–H and O–H groups in total. The molecule has 0 nitrogen and oxygen atoms in total. The maximum atomic E-state index is 4.20. The second-order valence-electron chi connectivity index (χ2n) is 3.91. The van der Waals surface area contributed by atoms with Crippen molar-refractivity contribution < 1.29 is 0 Å². The van der Waals surface area contributed by atoms with Crippen LogP contribution in [-0.4, -0.2) is 5.75 Å². The third-order valence-corrected chi connectivity index (χ3v) is 2.83. The Morgan fingerprint density at radius 1 is 0.600 bits per heavy atom. The summed E-state index contributed by atoms with van der Waals surface area (Å²) in [5.41, 5.74) is 0. The lowest BCUT2D eigenvalue weighted by Gasteiger charge is -2.00. The van der Waals surface area contributed by atoms with Gasteiger partial charge in [0, 0.05) is 0 Å². The zero-order chi connectivity index (χ0) is 9.78. The van der Waals surface area contributed by atoms with E-state index in [-0.39, 0.29) is 24.8 Å². The Bertz CT molecular complexity index is 79.7. The normalized spacial score (nSPS) is 9.20. The highest BCUT2D eigenvalue weighted by molar-refractivity contribution is 7.80. The van der Waals surface area contributed by atoms with Crippen LogP contribution >= 0.6 is 37.4 Å². The van der Waals surface area contributed by atoms with Gasteiger partial charge in [0.05, 0.1) is 0 Å². The number of unbranched alkanes of at least 4 members (excludes halogenated alkanes) is 9. The second-order valence-corrected chi connectivity index (χ2v) is 4.35. The van der Waals surface area contributed by atoms with Gasteiger partial charge in [0.2, 0.25) is 0 Å². The van der Waals surface area contributed by atoms with Crippen LogP contribution in [0.2, 0.25) is 0 Å². The molecule has 0 aliphatic heterocycles. The quantitative estimate of drug-likeness (QED) is 0.385. The molecule has 0 atom stereocenters. The van der Waals surface area contributed by atoms with E-state index in [1.807, 2.05) is 0 Å². The summed E-state index contributed by atoms with van der Waals surface area (Å²) in [5, 5.41) is 0. The first-order valence-electron chi connectivity index (χ1n) is 6.02. The minimum Gasteiger partial charge on any atom is -0.179 e. The Labute approximate surface area is 114 Å². The number of hydrogen-bond acceptors (Lipinski definition) is 1. The van der Waals surface area contributed by atoms with Crippen LogP contribution in [0.3, 0.4) is 0 Å². The van der Waals surface area contributed by atoms with E-state index in [1.165, 1.54) is 64.2 Å². The third kappa shape index (κ3) is 20.9. The first-order chi connectivity index (χ1) is 6.41. The van der Waals surface area contributed by atoms with Crippen molar-refractivity contribution in [1.82, 2.24) is 0 Å². The second kappa shape index (κ2) is 20.4. The topological polar surface area (TPSA) is 0 Å². The van der Waals surface area contributed by atoms with Gasteiger partial charge in [-0.15, -0.1) is 24.8 Å². The van der Waals surface area contributed by atoms with Crippen molar-refractivity contribution in [3.05, 3.63) is 0 Å². The maximum Gasteiger partial charge on any atom is -0.00979 e. The van der Waals surface area contributed by atoms with Crippen molar-refractivity contribution in [3.8, 4) is 0 Å². The molecular formula is C12H28Cl2S. The molecule has 0 aromatic rings. The Balaban J connectivity index is -0.000000720. The van der Waals surface area contributed by atoms with Gasteiger partial charge in [-0.05, 0) is 12.2 Å². The Morgan fingerprint density at radius 2 is 0.933 bits per heavy atom. The highest BCUT2D eigenvalue weighted by Gasteiger charge is 1.91. The lowest BCUT2D eigenvalue weighted by atomic mass is 10.1. The Morgan fingerprint density at radius 3 is 1.27 bits per heavy atom. The summed E-state index contributed by atoms with van der Waals surface area (Å²) in [4.78, 5) is 0. The van der Waals surface area contributed by atoms with Crippen LogP contribution in [-0.2, 0) is 0 Å². The molecule has 0 saturated carbocycles. The monoisotopic (exact) mass is 274 g/mol. The van der Waals surface area contributed by atoms with Crippen molar-refractivity contribution in [2.45, 2.75) is 71.1 Å². The average molecular weight is 275 g/mol. The summed E-state index contributed by atoms with van der Waals surface area (Å²) in [7, 11) is 0. The van der Waals surface area contributed by atoms with Gasteiger partial charge in [-0.2, -0.15) is 12.6 Å². The molecule has 0 spiro atoms. The molecule has 96 valence electrons. The lowest BCUT2D eigenvalue weighted by molar-refractivity contribution is 0.563. The van der Waals surface area contributed by atoms with Crippen molar-refractivity contribution in [2.24, 2.45) is 0 Å². The zero-order valence-corrected chi connectivity index (χ0v) is 12.6. The highest BCUT2D eigenvalue weighted by Crippen LogP contribution is 2.10. The van der Waals surface area contributed by atoms with E-state index >= 15 is 0 Å². The minimum atomic E-state index is 0. The van der Waals surface area contributed by atoms with Crippen molar-refractivity contribution >= 4 is 37.4 Å². The molecule has 0 bridgehead atoms. The lowest BCUT2D eigenvalue weighted by Crippen LogP contribution is -1.81. The maximum absolute atomic E-state index is 4.20. The van der Waals surface area contributed by atoms with E-state index in [0.29, 0.717) is 0 Å². The van der Waals surface area contributed by atoms with Gasteiger partial charge in [-0.25, -0.2) is 0 Å². The van der Waals surface area contributed by atoms with Crippen LogP contribution in [0, 0.1) is 0 Å². The molecule has 0 aliphatic carbocycles. The number of thiol groups is 1. The molecule has 0 fully saturated rings. The van der Waals surface area contributed by atoms with E-state index in [4.69, 9.17) is 0 Å². The van der Waals surface area contributed by atoms with Crippen LogP contribution in [0.4, 0.5) is 0 Å². The standard InChI is InChI=1S/C12H26S.2ClH/c1-2-3-4-5-6-7-8-9-10-11-12-13;;/h13H,2-12H2,1H3;2*1H. The molecule has 0 aromatic carbocycles. The number of halogens is 2. The van der Waals surface area contributed by atoms with E-state index in [9.17, 15) is 0 Å². The molecule has 0 amide bonds. The molecule has 3 heteroatoms. The Kier molecular flexibility index (Phi) is 28.8. The van der Waals surface area contributed by atoms with E-state index < -0.39 is 0 Å². The summed E-state index contributed by atoms with van der Waals surface area (Å²) < 4.78 is 0. The first-order valence-corrected chi connectivity index (χ1v) is 6.66. The van der Waals surface area contributed by atoms with Gasteiger partial charge >= 0.3 is 0 Å². The Hall–Kier alpha value is 0.930. The van der Waals surface area contributed by atoms with Gasteiger partial charge in [0.25, 0.3) is 0 Å². The number of hydrogen-bond donors (Lipinski definition) is 1. The average Bonchev–Trinajstić information content (AvgIpc) is 2.16. The molecule has 0 aliphatic rings. The van der Waals surface area contributed by atoms with Crippen molar-refractivity contribution in [3.63, 3.8) is 0 Å². The van der Waals surface area contributed by atoms with Crippen LogP contribution in [0.25, 0.3) is 0 Å². The van der Waals surface area contributed by atoms with Crippen LogP contribution in [0.5, 0.6) is 0 Å². The zero-order valence-electron chi connectivity index (χ0n) is 10.0. The van der Waals surface area contributed by atoms with Gasteiger partial charge in [-0.1, -0.05) is 64.7 Å². The van der Waals surface area contributed by atoms with Crippen LogP contribution < -0.4 is 0 Å². The van der Waals surface area contributed by atoms with Crippen molar-refractivity contribution in [1.29, 1.82) is 0 Å². The van der Waals surface area contributed by atoms with Gasteiger partial charge in [0.15, 0.2) is 0 Å². The van der Waals surface area contributed by atoms with Gasteiger partial charge in [0.1, 0.15) is 0 Å². The smallest absolute Gasteiger partial charge is 0.00979 e.